The molecule has 0 unspecified atom stereocenters. The van der Waals surface area contributed by atoms with Crippen LogP contribution in [-0.4, -0.2) is 45.6 Å². The van der Waals surface area contributed by atoms with E-state index in [2.05, 4.69) is 20.4 Å². The number of hydrogen-bond acceptors (Lipinski definition) is 7. The van der Waals surface area contributed by atoms with Gasteiger partial charge in [-0.25, -0.2) is 14.6 Å². The van der Waals surface area contributed by atoms with E-state index in [0.717, 1.165) is 11.1 Å². The molecule has 0 fully saturated rings. The van der Waals surface area contributed by atoms with E-state index >= 15 is 0 Å². The predicted octanol–water partition coefficient (Wildman–Crippen LogP) is 4.22. The maximum absolute atomic E-state index is 12.5. The van der Waals surface area contributed by atoms with E-state index in [1.807, 2.05) is 18.2 Å². The molecule has 4 rings (SSSR count). The van der Waals surface area contributed by atoms with Gasteiger partial charge in [-0.3, -0.25) is 4.79 Å². The quantitative estimate of drug-likeness (QED) is 0.329. The number of nitrogens with one attached hydrogen (secondary N) is 1. The minimum Gasteiger partial charge on any atom is -0.493 e. The van der Waals surface area contributed by atoms with E-state index in [0.29, 0.717) is 32.9 Å². The Kier molecular flexibility index (Phi) is 6.24. The van der Waals surface area contributed by atoms with Crippen molar-refractivity contribution in [3.05, 3.63) is 60.0 Å². The lowest BCUT2D eigenvalue weighted by molar-refractivity contribution is -0.113. The monoisotopic (exact) mass is 455 g/mol. The van der Waals surface area contributed by atoms with Gasteiger partial charge in [-0.1, -0.05) is 35.5 Å². The van der Waals surface area contributed by atoms with Crippen LogP contribution < -0.4 is 14.8 Å². The van der Waals surface area contributed by atoms with Crippen molar-refractivity contribution in [3.63, 3.8) is 0 Å². The number of fused-ring (bicyclic) bond motifs is 1. The van der Waals surface area contributed by atoms with Crippen LogP contribution in [0.2, 0.25) is 5.02 Å². The molecule has 0 aliphatic carbocycles. The number of para-hydroxylation sites is 1. The van der Waals surface area contributed by atoms with Crippen LogP contribution in [0.4, 0.5) is 5.69 Å². The van der Waals surface area contributed by atoms with Crippen molar-refractivity contribution in [1.82, 2.24) is 19.7 Å². The van der Waals surface area contributed by atoms with E-state index in [9.17, 15) is 4.79 Å². The average molecular weight is 456 g/mol. The SMILES string of the molecule is COc1ccc(NC(=O)CSc2ncnc3c2cnn3-c2ccccc2Cl)cc1OC. The smallest absolute Gasteiger partial charge is 0.234 e. The number of benzene rings is 2. The van der Waals surface area contributed by atoms with Crippen LogP contribution in [0.5, 0.6) is 11.5 Å². The first-order valence-corrected chi connectivity index (χ1v) is 10.6. The summed E-state index contributed by atoms with van der Waals surface area (Å²) in [5.41, 5.74) is 1.95. The molecule has 1 N–H and O–H groups in total. The van der Waals surface area contributed by atoms with Crippen LogP contribution >= 0.6 is 23.4 Å². The highest BCUT2D eigenvalue weighted by molar-refractivity contribution is 8.00. The van der Waals surface area contributed by atoms with E-state index in [-0.39, 0.29) is 11.7 Å². The van der Waals surface area contributed by atoms with Gasteiger partial charge in [-0.2, -0.15) is 5.10 Å². The van der Waals surface area contributed by atoms with Crippen molar-refractivity contribution in [1.29, 1.82) is 0 Å². The van der Waals surface area contributed by atoms with Crippen LogP contribution in [0.3, 0.4) is 0 Å². The molecule has 0 radical (unpaired) electrons. The zero-order valence-electron chi connectivity index (χ0n) is 16.7. The summed E-state index contributed by atoms with van der Waals surface area (Å²) in [5.74, 6) is 1.12. The second-order valence-corrected chi connectivity index (χ2v) is 7.70. The predicted molar refractivity (Wildman–Crippen MR) is 121 cm³/mol. The molecule has 1 amide bonds. The molecule has 31 heavy (non-hydrogen) atoms. The highest BCUT2D eigenvalue weighted by Gasteiger charge is 2.15. The third kappa shape index (κ3) is 4.42. The number of methoxy groups -OCH3 is 2. The fraction of sp³-hybridized carbons (Fsp3) is 0.143. The molecular formula is C21H18ClN5O3S. The zero-order valence-corrected chi connectivity index (χ0v) is 18.3. The Bertz CT molecular complexity index is 1250. The molecule has 0 saturated carbocycles. The van der Waals surface area contributed by atoms with Gasteiger partial charge in [0.25, 0.3) is 0 Å². The second kappa shape index (κ2) is 9.23. The first-order chi connectivity index (χ1) is 15.1. The molecule has 0 aliphatic rings. The standard InChI is InChI=1S/C21H18ClN5O3S/c1-29-17-8-7-13(9-18(17)30-2)26-19(28)11-31-21-14-10-25-27(20(14)23-12-24-21)16-6-4-3-5-15(16)22/h3-10,12H,11H2,1-2H3,(H,26,28). The Balaban J connectivity index is 1.50. The number of nitrogens with zero attached hydrogens (tertiary/aromatic N) is 4. The third-order valence-electron chi connectivity index (χ3n) is 4.42. The number of anilines is 1. The summed E-state index contributed by atoms with van der Waals surface area (Å²) in [6, 6.07) is 12.6. The Labute approximate surface area is 187 Å². The largest absolute Gasteiger partial charge is 0.493 e. The fourth-order valence-corrected chi connectivity index (χ4v) is 3.96. The minimum atomic E-state index is -0.178. The Morgan fingerprint density at radius 3 is 2.71 bits per heavy atom. The number of aromatic nitrogens is 4. The van der Waals surface area contributed by atoms with Gasteiger partial charge in [0.1, 0.15) is 11.4 Å². The number of ether oxygens (including phenoxy) is 2. The zero-order chi connectivity index (χ0) is 21.8. The Morgan fingerprint density at radius 2 is 1.94 bits per heavy atom. The maximum atomic E-state index is 12.5. The van der Waals surface area contributed by atoms with Crippen LogP contribution in [0.25, 0.3) is 16.7 Å². The van der Waals surface area contributed by atoms with Crippen molar-refractivity contribution in [2.24, 2.45) is 0 Å². The number of halogens is 1. The van der Waals surface area contributed by atoms with Crippen molar-refractivity contribution in [2.75, 3.05) is 25.3 Å². The summed E-state index contributed by atoms with van der Waals surface area (Å²) >= 11 is 7.60. The summed E-state index contributed by atoms with van der Waals surface area (Å²) < 4.78 is 12.1. The van der Waals surface area contributed by atoms with Gasteiger partial charge in [0.2, 0.25) is 5.91 Å². The first-order valence-electron chi connectivity index (χ1n) is 9.19. The van der Waals surface area contributed by atoms with Gasteiger partial charge in [0.05, 0.1) is 42.3 Å². The number of rotatable bonds is 7. The van der Waals surface area contributed by atoms with Gasteiger partial charge in [0.15, 0.2) is 17.1 Å². The minimum absolute atomic E-state index is 0.164. The van der Waals surface area contributed by atoms with Crippen molar-refractivity contribution in [3.8, 4) is 17.2 Å². The molecular weight excluding hydrogens is 438 g/mol. The van der Waals surface area contributed by atoms with E-state index in [1.165, 1.54) is 18.1 Å². The van der Waals surface area contributed by atoms with Gasteiger partial charge in [0, 0.05) is 11.8 Å². The molecule has 2 heterocycles. The third-order valence-corrected chi connectivity index (χ3v) is 5.74. The van der Waals surface area contributed by atoms with Crippen LogP contribution in [0.15, 0.2) is 60.0 Å². The number of carbonyl (C=O) groups is 1. The molecule has 8 nitrogen and oxygen atoms in total. The summed E-state index contributed by atoms with van der Waals surface area (Å²) in [6.07, 6.45) is 3.12. The van der Waals surface area contributed by atoms with E-state index in [4.69, 9.17) is 21.1 Å². The van der Waals surface area contributed by atoms with Gasteiger partial charge in [-0.15, -0.1) is 0 Å². The molecule has 10 heteroatoms. The van der Waals surface area contributed by atoms with Gasteiger partial charge >= 0.3 is 0 Å². The van der Waals surface area contributed by atoms with Crippen molar-refractivity contribution in [2.45, 2.75) is 5.03 Å². The molecule has 0 spiro atoms. The summed E-state index contributed by atoms with van der Waals surface area (Å²) in [7, 11) is 3.10. The van der Waals surface area contributed by atoms with Crippen molar-refractivity contribution < 1.29 is 14.3 Å². The fourth-order valence-electron chi connectivity index (χ4n) is 2.98. The topological polar surface area (TPSA) is 91.2 Å². The molecule has 2 aromatic heterocycles. The number of carbonyl (C=O) groups excluding carboxylic acids is 1. The molecule has 0 atom stereocenters. The lowest BCUT2D eigenvalue weighted by atomic mass is 10.2. The Hall–Kier alpha value is -3.30. The van der Waals surface area contributed by atoms with Crippen molar-refractivity contribution >= 4 is 46.0 Å². The maximum Gasteiger partial charge on any atom is 0.234 e. The molecule has 0 saturated heterocycles. The normalized spacial score (nSPS) is 10.8. The molecule has 2 aromatic carbocycles. The second-order valence-electron chi connectivity index (χ2n) is 6.33. The molecule has 0 aliphatic heterocycles. The summed E-state index contributed by atoms with van der Waals surface area (Å²) in [5, 5.41) is 9.22. The van der Waals surface area contributed by atoms with Gasteiger partial charge < -0.3 is 14.8 Å². The molecule has 4 aromatic rings. The average Bonchev–Trinajstić information content (AvgIpc) is 3.22. The van der Waals surface area contributed by atoms with E-state index in [1.54, 1.807) is 49.4 Å². The Morgan fingerprint density at radius 1 is 1.13 bits per heavy atom. The molecule has 0 bridgehead atoms. The number of amides is 1. The van der Waals surface area contributed by atoms with Crippen LogP contribution in [-0.2, 0) is 4.79 Å². The lowest BCUT2D eigenvalue weighted by Gasteiger charge is -2.10. The summed E-state index contributed by atoms with van der Waals surface area (Å²) in [4.78, 5) is 21.1. The first kappa shape index (κ1) is 21.0. The van der Waals surface area contributed by atoms with Gasteiger partial charge in [-0.05, 0) is 24.3 Å². The highest BCUT2D eigenvalue weighted by atomic mass is 35.5. The number of hydrogen-bond donors (Lipinski definition) is 1. The number of thioether (sulfide) groups is 1. The van der Waals surface area contributed by atoms with Crippen LogP contribution in [0, 0.1) is 0 Å². The summed E-state index contributed by atoms with van der Waals surface area (Å²) in [6.45, 7) is 0. The molecule has 158 valence electrons. The highest BCUT2D eigenvalue weighted by Crippen LogP contribution is 2.31. The van der Waals surface area contributed by atoms with E-state index < -0.39 is 0 Å². The lowest BCUT2D eigenvalue weighted by Crippen LogP contribution is -2.14. The van der Waals surface area contributed by atoms with Crippen LogP contribution in [0.1, 0.15) is 0 Å².